The maximum atomic E-state index is 12.8. The van der Waals surface area contributed by atoms with E-state index < -0.39 is 11.6 Å². The first kappa shape index (κ1) is 12.7. The van der Waals surface area contributed by atoms with Crippen LogP contribution in [0.3, 0.4) is 0 Å². The van der Waals surface area contributed by atoms with Crippen LogP contribution in [-0.4, -0.2) is 56.1 Å². The number of aliphatic hydroxyl groups is 1. The summed E-state index contributed by atoms with van der Waals surface area (Å²) in [5.41, 5.74) is -1.75. The maximum Gasteiger partial charge on any atom is 0.397 e. The van der Waals surface area contributed by atoms with E-state index in [0.29, 0.717) is 13.1 Å². The van der Waals surface area contributed by atoms with E-state index in [2.05, 4.69) is 4.74 Å². The number of halogens is 3. The summed E-state index contributed by atoms with van der Waals surface area (Å²) in [6.07, 6.45) is -4.20. The number of alkyl halides is 3. The number of rotatable bonds is 4. The van der Waals surface area contributed by atoms with Gasteiger partial charge in [0, 0.05) is 20.2 Å². The summed E-state index contributed by atoms with van der Waals surface area (Å²) in [4.78, 5) is 1.62. The summed E-state index contributed by atoms with van der Waals surface area (Å²) < 4.78 is 43.2. The number of methoxy groups -OCH3 is 1. The first-order valence-electron chi connectivity index (χ1n) is 4.84. The van der Waals surface area contributed by atoms with Gasteiger partial charge in [0.05, 0.1) is 13.2 Å². The molecule has 0 aromatic heterocycles. The summed E-state index contributed by atoms with van der Waals surface area (Å²) in [5.74, 6) is 0. The normalized spacial score (nSPS) is 28.6. The van der Waals surface area contributed by atoms with Crippen LogP contribution in [0, 0.1) is 5.41 Å². The van der Waals surface area contributed by atoms with E-state index in [1.807, 2.05) is 0 Å². The Bertz CT molecular complexity index is 210. The van der Waals surface area contributed by atoms with Crippen molar-refractivity contribution < 1.29 is 23.0 Å². The van der Waals surface area contributed by atoms with Crippen LogP contribution in [0.4, 0.5) is 13.2 Å². The van der Waals surface area contributed by atoms with Crippen molar-refractivity contribution in [3.63, 3.8) is 0 Å². The number of ether oxygens (including phenoxy) is 1. The number of likely N-dealkylation sites (tertiary alicyclic amines) is 1. The predicted molar refractivity (Wildman–Crippen MR) is 48.5 cm³/mol. The number of nitrogens with zero attached hydrogens (tertiary/aromatic N) is 1. The standard InChI is InChI=1S/C9H16F3NO2/c1-15-7-8(9(10,11)12)2-3-13(6-8)4-5-14/h14H,2-7H2,1H3/t8-/m1/s1. The van der Waals surface area contributed by atoms with E-state index in [-0.39, 0.29) is 26.2 Å². The zero-order chi connectivity index (χ0) is 11.5. The van der Waals surface area contributed by atoms with Crippen molar-refractivity contribution in [2.45, 2.75) is 12.6 Å². The first-order valence-corrected chi connectivity index (χ1v) is 4.84. The second-order valence-electron chi connectivity index (χ2n) is 3.96. The van der Waals surface area contributed by atoms with Crippen LogP contribution in [0.1, 0.15) is 6.42 Å². The number of aliphatic hydroxyl groups excluding tert-OH is 1. The monoisotopic (exact) mass is 227 g/mol. The average molecular weight is 227 g/mol. The molecule has 1 saturated heterocycles. The largest absolute Gasteiger partial charge is 0.397 e. The van der Waals surface area contributed by atoms with Crippen molar-refractivity contribution >= 4 is 0 Å². The van der Waals surface area contributed by atoms with E-state index in [1.54, 1.807) is 4.90 Å². The minimum atomic E-state index is -4.24. The Morgan fingerprint density at radius 2 is 2.13 bits per heavy atom. The molecule has 1 aliphatic rings. The quantitative estimate of drug-likeness (QED) is 0.774. The van der Waals surface area contributed by atoms with Crippen LogP contribution in [0.15, 0.2) is 0 Å². The molecule has 1 fully saturated rings. The Labute approximate surface area is 86.8 Å². The van der Waals surface area contributed by atoms with Gasteiger partial charge in [0.2, 0.25) is 0 Å². The van der Waals surface area contributed by atoms with Crippen LogP contribution in [-0.2, 0) is 4.74 Å². The van der Waals surface area contributed by atoms with E-state index in [0.717, 1.165) is 0 Å². The molecule has 0 saturated carbocycles. The van der Waals surface area contributed by atoms with Crippen molar-refractivity contribution in [1.29, 1.82) is 0 Å². The molecule has 15 heavy (non-hydrogen) atoms. The molecule has 1 N–H and O–H groups in total. The summed E-state index contributed by atoms with van der Waals surface area (Å²) >= 11 is 0. The zero-order valence-corrected chi connectivity index (χ0v) is 8.68. The number of hydrogen-bond donors (Lipinski definition) is 1. The van der Waals surface area contributed by atoms with Gasteiger partial charge in [-0.05, 0) is 13.0 Å². The van der Waals surface area contributed by atoms with Crippen LogP contribution < -0.4 is 0 Å². The van der Waals surface area contributed by atoms with Gasteiger partial charge in [-0.1, -0.05) is 0 Å². The fourth-order valence-corrected chi connectivity index (χ4v) is 2.00. The maximum absolute atomic E-state index is 12.8. The highest BCUT2D eigenvalue weighted by Crippen LogP contribution is 2.45. The fraction of sp³-hybridized carbons (Fsp3) is 1.00. The minimum Gasteiger partial charge on any atom is -0.395 e. The zero-order valence-electron chi connectivity index (χ0n) is 8.68. The molecule has 90 valence electrons. The molecule has 0 spiro atoms. The molecular weight excluding hydrogens is 211 g/mol. The third-order valence-electron chi connectivity index (χ3n) is 2.87. The third kappa shape index (κ3) is 2.62. The molecule has 6 heteroatoms. The van der Waals surface area contributed by atoms with Gasteiger partial charge >= 0.3 is 6.18 Å². The summed E-state index contributed by atoms with van der Waals surface area (Å²) in [6.45, 7) is 0.162. The van der Waals surface area contributed by atoms with Crippen LogP contribution in [0.2, 0.25) is 0 Å². The van der Waals surface area contributed by atoms with Crippen LogP contribution >= 0.6 is 0 Å². The summed E-state index contributed by atoms with van der Waals surface area (Å²) in [7, 11) is 1.28. The molecule has 0 unspecified atom stereocenters. The van der Waals surface area contributed by atoms with Crippen molar-refractivity contribution in [2.24, 2.45) is 5.41 Å². The summed E-state index contributed by atoms with van der Waals surface area (Å²) in [6, 6.07) is 0. The Kier molecular flexibility index (Phi) is 3.97. The Hall–Kier alpha value is -0.330. The second-order valence-corrected chi connectivity index (χ2v) is 3.96. The van der Waals surface area contributed by atoms with Gasteiger partial charge in [0.15, 0.2) is 0 Å². The van der Waals surface area contributed by atoms with Gasteiger partial charge < -0.3 is 14.7 Å². The van der Waals surface area contributed by atoms with Crippen molar-refractivity contribution in [1.82, 2.24) is 4.90 Å². The lowest BCUT2D eigenvalue weighted by Gasteiger charge is -2.31. The lowest BCUT2D eigenvalue weighted by molar-refractivity contribution is -0.233. The SMILES string of the molecule is COC[C@@]1(C(F)(F)F)CCN(CCO)C1. The van der Waals surface area contributed by atoms with Crippen molar-refractivity contribution in [2.75, 3.05) is 40.0 Å². The third-order valence-corrected chi connectivity index (χ3v) is 2.87. The van der Waals surface area contributed by atoms with E-state index in [9.17, 15) is 13.2 Å². The smallest absolute Gasteiger partial charge is 0.395 e. The molecular formula is C9H16F3NO2. The lowest BCUT2D eigenvalue weighted by atomic mass is 9.87. The first-order chi connectivity index (χ1) is 6.95. The topological polar surface area (TPSA) is 32.7 Å². The number of hydrogen-bond acceptors (Lipinski definition) is 3. The Balaban J connectivity index is 2.69. The van der Waals surface area contributed by atoms with Crippen molar-refractivity contribution in [3.05, 3.63) is 0 Å². The van der Waals surface area contributed by atoms with Gasteiger partial charge in [0.1, 0.15) is 5.41 Å². The van der Waals surface area contributed by atoms with Crippen LogP contribution in [0.25, 0.3) is 0 Å². The molecule has 0 aromatic carbocycles. The number of β-amino-alcohol motifs (C(OH)–C–C–N with tert-alkyl or cyclic N) is 1. The average Bonchev–Trinajstić information content (AvgIpc) is 2.50. The van der Waals surface area contributed by atoms with Crippen molar-refractivity contribution in [3.8, 4) is 0 Å². The minimum absolute atomic E-state index is 0.0460. The molecule has 0 amide bonds. The molecule has 0 radical (unpaired) electrons. The fourth-order valence-electron chi connectivity index (χ4n) is 2.00. The molecule has 1 atom stereocenters. The molecule has 1 aliphatic heterocycles. The molecule has 3 nitrogen and oxygen atoms in total. The van der Waals surface area contributed by atoms with Crippen LogP contribution in [0.5, 0.6) is 0 Å². The van der Waals surface area contributed by atoms with Gasteiger partial charge in [-0.25, -0.2) is 0 Å². The highest BCUT2D eigenvalue weighted by molar-refractivity contribution is 4.95. The van der Waals surface area contributed by atoms with Gasteiger partial charge in [-0.2, -0.15) is 13.2 Å². The molecule has 0 bridgehead atoms. The Morgan fingerprint density at radius 1 is 1.47 bits per heavy atom. The van der Waals surface area contributed by atoms with E-state index in [4.69, 9.17) is 5.11 Å². The van der Waals surface area contributed by atoms with Gasteiger partial charge in [-0.15, -0.1) is 0 Å². The highest BCUT2D eigenvalue weighted by Gasteiger charge is 2.57. The predicted octanol–water partition coefficient (Wildman–Crippen LogP) is 0.880. The highest BCUT2D eigenvalue weighted by atomic mass is 19.4. The van der Waals surface area contributed by atoms with E-state index >= 15 is 0 Å². The molecule has 0 aromatic rings. The second kappa shape index (κ2) is 4.67. The molecule has 1 heterocycles. The van der Waals surface area contributed by atoms with Gasteiger partial charge in [0.25, 0.3) is 0 Å². The molecule has 0 aliphatic carbocycles. The van der Waals surface area contributed by atoms with E-state index in [1.165, 1.54) is 7.11 Å². The Morgan fingerprint density at radius 3 is 2.60 bits per heavy atom. The van der Waals surface area contributed by atoms with Gasteiger partial charge in [-0.3, -0.25) is 0 Å². The summed E-state index contributed by atoms with van der Waals surface area (Å²) in [5, 5.41) is 8.68. The lowest BCUT2D eigenvalue weighted by Crippen LogP contribution is -2.44. The molecule has 1 rings (SSSR count).